The molecule has 18 heavy (non-hydrogen) atoms. The molecular formula is C14H12ClNO2. The van der Waals surface area contributed by atoms with Crippen LogP contribution in [0, 0.1) is 0 Å². The molecule has 92 valence electrons. The van der Waals surface area contributed by atoms with Crippen LogP contribution in [0.4, 0.5) is 5.69 Å². The maximum atomic E-state index is 11.0. The van der Waals surface area contributed by atoms with Gasteiger partial charge in [0.15, 0.2) is 0 Å². The van der Waals surface area contributed by atoms with Gasteiger partial charge in [0, 0.05) is 17.3 Å². The normalized spacial score (nSPS) is 10.1. The summed E-state index contributed by atoms with van der Waals surface area (Å²) in [5.74, 6) is -0.941. The van der Waals surface area contributed by atoms with Crippen molar-refractivity contribution in [2.75, 3.05) is 5.32 Å². The molecule has 0 heterocycles. The summed E-state index contributed by atoms with van der Waals surface area (Å²) < 4.78 is 0. The van der Waals surface area contributed by atoms with E-state index in [0.717, 1.165) is 5.56 Å². The fraction of sp³-hybridized carbons (Fsp3) is 0.0714. The Morgan fingerprint density at radius 2 is 1.94 bits per heavy atom. The Morgan fingerprint density at radius 3 is 2.67 bits per heavy atom. The van der Waals surface area contributed by atoms with Gasteiger partial charge in [-0.1, -0.05) is 35.9 Å². The van der Waals surface area contributed by atoms with Crippen molar-refractivity contribution in [1.82, 2.24) is 0 Å². The number of hydrogen-bond acceptors (Lipinski definition) is 2. The van der Waals surface area contributed by atoms with Crippen molar-refractivity contribution in [3.8, 4) is 0 Å². The Labute approximate surface area is 110 Å². The number of hydrogen-bond donors (Lipinski definition) is 2. The summed E-state index contributed by atoms with van der Waals surface area (Å²) in [6, 6.07) is 14.3. The second-order valence-electron chi connectivity index (χ2n) is 3.83. The van der Waals surface area contributed by atoms with Crippen molar-refractivity contribution in [2.45, 2.75) is 6.54 Å². The van der Waals surface area contributed by atoms with Gasteiger partial charge in [0.25, 0.3) is 0 Å². The van der Waals surface area contributed by atoms with Crippen molar-refractivity contribution >= 4 is 23.3 Å². The van der Waals surface area contributed by atoms with Gasteiger partial charge in [0.2, 0.25) is 0 Å². The average molecular weight is 262 g/mol. The molecule has 0 aliphatic heterocycles. The number of rotatable bonds is 4. The minimum atomic E-state index is -0.941. The first-order valence-corrected chi connectivity index (χ1v) is 5.85. The fourth-order valence-electron chi connectivity index (χ4n) is 1.67. The Hall–Kier alpha value is -2.00. The minimum Gasteiger partial charge on any atom is -0.478 e. The van der Waals surface area contributed by atoms with Gasteiger partial charge in [-0.2, -0.15) is 0 Å². The molecule has 2 N–H and O–H groups in total. The highest BCUT2D eigenvalue weighted by Gasteiger charge is 2.08. The lowest BCUT2D eigenvalue weighted by Crippen LogP contribution is -2.06. The third-order valence-corrected chi connectivity index (χ3v) is 2.76. The lowest BCUT2D eigenvalue weighted by atomic mass is 10.1. The summed E-state index contributed by atoms with van der Waals surface area (Å²) in [5.41, 5.74) is 1.87. The minimum absolute atomic E-state index is 0.263. The molecule has 2 aromatic rings. The van der Waals surface area contributed by atoms with E-state index < -0.39 is 5.97 Å². The molecule has 2 aromatic carbocycles. The lowest BCUT2D eigenvalue weighted by Gasteiger charge is -2.09. The average Bonchev–Trinajstić information content (AvgIpc) is 2.37. The van der Waals surface area contributed by atoms with Crippen LogP contribution in [0.5, 0.6) is 0 Å². The molecule has 0 saturated carbocycles. The van der Waals surface area contributed by atoms with Crippen LogP contribution in [0.25, 0.3) is 0 Å². The lowest BCUT2D eigenvalue weighted by molar-refractivity contribution is 0.0698. The standard InChI is InChI=1S/C14H12ClNO2/c15-11-5-3-4-10(8-11)9-16-13-7-2-1-6-12(13)14(17)18/h1-8,16H,9H2,(H,17,18). The van der Waals surface area contributed by atoms with Gasteiger partial charge in [0.1, 0.15) is 0 Å². The number of anilines is 1. The molecule has 0 aliphatic rings. The highest BCUT2D eigenvalue weighted by atomic mass is 35.5. The van der Waals surface area contributed by atoms with Gasteiger partial charge in [-0.3, -0.25) is 0 Å². The van der Waals surface area contributed by atoms with E-state index in [9.17, 15) is 4.79 Å². The number of carbonyl (C=O) groups is 1. The molecule has 0 spiro atoms. The molecule has 3 nitrogen and oxygen atoms in total. The molecule has 0 amide bonds. The fourth-order valence-corrected chi connectivity index (χ4v) is 1.88. The van der Waals surface area contributed by atoms with Gasteiger partial charge in [0.05, 0.1) is 5.56 Å². The Bertz CT molecular complexity index is 569. The second-order valence-corrected chi connectivity index (χ2v) is 4.27. The van der Waals surface area contributed by atoms with E-state index in [1.165, 1.54) is 0 Å². The Morgan fingerprint density at radius 1 is 1.17 bits per heavy atom. The molecule has 0 bridgehead atoms. The maximum absolute atomic E-state index is 11.0. The zero-order valence-electron chi connectivity index (χ0n) is 9.56. The Kier molecular flexibility index (Phi) is 3.85. The number of aromatic carboxylic acids is 1. The molecule has 0 atom stereocenters. The molecule has 4 heteroatoms. The summed E-state index contributed by atoms with van der Waals surface area (Å²) in [5, 5.41) is 12.8. The monoisotopic (exact) mass is 261 g/mol. The van der Waals surface area contributed by atoms with Crippen LogP contribution in [0.2, 0.25) is 5.02 Å². The molecule has 0 aromatic heterocycles. The number of benzene rings is 2. The molecule has 0 unspecified atom stereocenters. The number of nitrogens with one attached hydrogen (secondary N) is 1. The van der Waals surface area contributed by atoms with Crippen molar-refractivity contribution < 1.29 is 9.90 Å². The third-order valence-electron chi connectivity index (χ3n) is 2.53. The van der Waals surface area contributed by atoms with Gasteiger partial charge in [-0.05, 0) is 29.8 Å². The first-order valence-electron chi connectivity index (χ1n) is 5.47. The highest BCUT2D eigenvalue weighted by molar-refractivity contribution is 6.30. The zero-order valence-corrected chi connectivity index (χ0v) is 10.3. The highest BCUT2D eigenvalue weighted by Crippen LogP contribution is 2.17. The molecule has 0 aliphatic carbocycles. The van der Waals surface area contributed by atoms with Crippen LogP contribution < -0.4 is 5.32 Å². The maximum Gasteiger partial charge on any atom is 0.337 e. The molecule has 2 rings (SSSR count). The van der Waals surface area contributed by atoms with Crippen LogP contribution >= 0.6 is 11.6 Å². The van der Waals surface area contributed by atoms with Gasteiger partial charge in [-0.25, -0.2) is 4.79 Å². The second kappa shape index (κ2) is 5.56. The van der Waals surface area contributed by atoms with Gasteiger partial charge < -0.3 is 10.4 Å². The van der Waals surface area contributed by atoms with E-state index in [4.69, 9.17) is 16.7 Å². The van der Waals surface area contributed by atoms with Crippen molar-refractivity contribution in [3.63, 3.8) is 0 Å². The SMILES string of the molecule is O=C(O)c1ccccc1NCc1cccc(Cl)c1. The number of para-hydroxylation sites is 1. The predicted octanol–water partition coefficient (Wildman–Crippen LogP) is 3.65. The first-order chi connectivity index (χ1) is 8.66. The van der Waals surface area contributed by atoms with Crippen molar-refractivity contribution in [2.24, 2.45) is 0 Å². The van der Waals surface area contributed by atoms with E-state index in [0.29, 0.717) is 17.3 Å². The Balaban J connectivity index is 2.13. The van der Waals surface area contributed by atoms with Gasteiger partial charge in [-0.15, -0.1) is 0 Å². The van der Waals surface area contributed by atoms with Crippen LogP contribution in [-0.4, -0.2) is 11.1 Å². The van der Waals surface area contributed by atoms with E-state index in [2.05, 4.69) is 5.32 Å². The predicted molar refractivity (Wildman–Crippen MR) is 72.2 cm³/mol. The smallest absolute Gasteiger partial charge is 0.337 e. The first kappa shape index (κ1) is 12.5. The van der Waals surface area contributed by atoms with Crippen LogP contribution in [0.1, 0.15) is 15.9 Å². The largest absolute Gasteiger partial charge is 0.478 e. The summed E-state index contributed by atoms with van der Waals surface area (Å²) in [6.45, 7) is 0.533. The van der Waals surface area contributed by atoms with Crippen molar-refractivity contribution in [1.29, 1.82) is 0 Å². The molecule has 0 radical (unpaired) electrons. The van der Waals surface area contributed by atoms with Gasteiger partial charge >= 0.3 is 5.97 Å². The van der Waals surface area contributed by atoms with Crippen molar-refractivity contribution in [3.05, 3.63) is 64.7 Å². The quantitative estimate of drug-likeness (QED) is 0.883. The van der Waals surface area contributed by atoms with E-state index in [-0.39, 0.29) is 5.56 Å². The number of halogens is 1. The summed E-state index contributed by atoms with van der Waals surface area (Å²) in [7, 11) is 0. The van der Waals surface area contributed by atoms with E-state index in [1.807, 2.05) is 18.2 Å². The van der Waals surface area contributed by atoms with E-state index >= 15 is 0 Å². The third kappa shape index (κ3) is 3.02. The molecule has 0 saturated heterocycles. The molecular weight excluding hydrogens is 250 g/mol. The zero-order chi connectivity index (χ0) is 13.0. The van der Waals surface area contributed by atoms with E-state index in [1.54, 1.807) is 30.3 Å². The molecule has 0 fully saturated rings. The number of carboxylic acids is 1. The summed E-state index contributed by atoms with van der Waals surface area (Å²) >= 11 is 5.89. The topological polar surface area (TPSA) is 49.3 Å². The summed E-state index contributed by atoms with van der Waals surface area (Å²) in [6.07, 6.45) is 0. The number of carboxylic acid groups (broad SMARTS) is 1. The van der Waals surface area contributed by atoms with Crippen LogP contribution in [-0.2, 0) is 6.54 Å². The van der Waals surface area contributed by atoms with Crippen LogP contribution in [0.3, 0.4) is 0 Å². The van der Waals surface area contributed by atoms with Crippen LogP contribution in [0.15, 0.2) is 48.5 Å². The summed E-state index contributed by atoms with van der Waals surface area (Å²) in [4.78, 5) is 11.0.